The minimum Gasteiger partial charge on any atom is -0.508 e. The molecule has 0 bridgehead atoms. The summed E-state index contributed by atoms with van der Waals surface area (Å²) in [5.41, 5.74) is 0.560. The van der Waals surface area contributed by atoms with Crippen LogP contribution in [0.1, 0.15) is 27.6 Å². The molecule has 0 atom stereocenters. The number of benzene rings is 1. The van der Waals surface area contributed by atoms with Crippen LogP contribution in [0.15, 0.2) is 18.2 Å². The van der Waals surface area contributed by atoms with Gasteiger partial charge in [-0.3, -0.25) is 9.59 Å². The van der Waals surface area contributed by atoms with Gasteiger partial charge < -0.3 is 5.11 Å². The molecule has 0 spiro atoms. The van der Waals surface area contributed by atoms with E-state index in [9.17, 15) is 9.59 Å². The third kappa shape index (κ3) is 1.50. The van der Waals surface area contributed by atoms with Crippen molar-refractivity contribution in [3.05, 3.63) is 29.3 Å². The summed E-state index contributed by atoms with van der Waals surface area (Å²) < 4.78 is 0. The van der Waals surface area contributed by atoms with Gasteiger partial charge in [0.1, 0.15) is 5.75 Å². The van der Waals surface area contributed by atoms with Crippen molar-refractivity contribution in [2.24, 2.45) is 0 Å². The van der Waals surface area contributed by atoms with Crippen LogP contribution < -0.4 is 0 Å². The standard InChI is InChI=1S/C9H8O3/c1-6(11)9-4-8(12)3-2-7(9)5-10/h2-5,12H,1H3. The molecule has 3 nitrogen and oxygen atoms in total. The van der Waals surface area contributed by atoms with Crippen LogP contribution in [0.25, 0.3) is 0 Å². The number of hydrogen-bond acceptors (Lipinski definition) is 3. The predicted molar refractivity (Wildman–Crippen MR) is 43.5 cm³/mol. The van der Waals surface area contributed by atoms with E-state index in [1.54, 1.807) is 0 Å². The third-order valence-electron chi connectivity index (χ3n) is 1.54. The van der Waals surface area contributed by atoms with E-state index in [1.165, 1.54) is 25.1 Å². The van der Waals surface area contributed by atoms with Crippen LogP contribution in [0.2, 0.25) is 0 Å². The first-order valence-electron chi connectivity index (χ1n) is 3.44. The van der Waals surface area contributed by atoms with Gasteiger partial charge >= 0.3 is 0 Å². The minimum atomic E-state index is -0.229. The zero-order chi connectivity index (χ0) is 9.14. The van der Waals surface area contributed by atoms with Crippen molar-refractivity contribution in [3.63, 3.8) is 0 Å². The molecule has 0 aliphatic heterocycles. The average Bonchev–Trinajstić information content (AvgIpc) is 2.04. The molecule has 0 amide bonds. The second-order valence-corrected chi connectivity index (χ2v) is 2.45. The van der Waals surface area contributed by atoms with Crippen LogP contribution in [0.4, 0.5) is 0 Å². The Kier molecular flexibility index (Phi) is 2.24. The summed E-state index contributed by atoms with van der Waals surface area (Å²) in [6, 6.07) is 4.07. The molecule has 0 aliphatic rings. The lowest BCUT2D eigenvalue weighted by Crippen LogP contribution is -1.97. The fourth-order valence-electron chi connectivity index (χ4n) is 0.952. The fourth-order valence-corrected chi connectivity index (χ4v) is 0.952. The monoisotopic (exact) mass is 164 g/mol. The number of phenolic OH excluding ortho intramolecular Hbond substituents is 1. The summed E-state index contributed by atoms with van der Waals surface area (Å²) in [5.74, 6) is -0.237. The number of carbonyl (C=O) groups excluding carboxylic acids is 2. The summed E-state index contributed by atoms with van der Waals surface area (Å²) in [4.78, 5) is 21.3. The molecule has 0 unspecified atom stereocenters. The molecule has 0 saturated carbocycles. The van der Waals surface area contributed by atoms with E-state index >= 15 is 0 Å². The van der Waals surface area contributed by atoms with Gasteiger partial charge in [-0.15, -0.1) is 0 Å². The smallest absolute Gasteiger partial charge is 0.160 e. The highest BCUT2D eigenvalue weighted by Crippen LogP contribution is 2.15. The average molecular weight is 164 g/mol. The number of phenols is 1. The lowest BCUT2D eigenvalue weighted by molar-refractivity contribution is 0.100. The molecule has 1 aromatic carbocycles. The van der Waals surface area contributed by atoms with Gasteiger partial charge in [0.15, 0.2) is 12.1 Å². The number of aldehydes is 1. The van der Waals surface area contributed by atoms with Gasteiger partial charge in [0, 0.05) is 11.1 Å². The fraction of sp³-hybridized carbons (Fsp3) is 0.111. The van der Waals surface area contributed by atoms with E-state index in [0.717, 1.165) is 0 Å². The van der Waals surface area contributed by atoms with E-state index < -0.39 is 0 Å². The Morgan fingerprint density at radius 2 is 2.17 bits per heavy atom. The predicted octanol–water partition coefficient (Wildman–Crippen LogP) is 1.41. The molecule has 3 heteroatoms. The Hall–Kier alpha value is -1.64. The number of aromatic hydroxyl groups is 1. The number of ketones is 1. The molecule has 0 aromatic heterocycles. The summed E-state index contributed by atoms with van der Waals surface area (Å²) in [7, 11) is 0. The second-order valence-electron chi connectivity index (χ2n) is 2.45. The summed E-state index contributed by atoms with van der Waals surface area (Å²) in [6.07, 6.45) is 0.593. The number of hydrogen-bond donors (Lipinski definition) is 1. The van der Waals surface area contributed by atoms with Crippen molar-refractivity contribution in [2.45, 2.75) is 6.92 Å². The van der Waals surface area contributed by atoms with Crippen LogP contribution in [0.3, 0.4) is 0 Å². The molecular weight excluding hydrogens is 156 g/mol. The Labute approximate surface area is 69.6 Å². The Balaban J connectivity index is 3.30. The molecule has 1 rings (SSSR count). The molecule has 12 heavy (non-hydrogen) atoms. The van der Waals surface area contributed by atoms with E-state index in [-0.39, 0.29) is 17.1 Å². The largest absolute Gasteiger partial charge is 0.508 e. The van der Waals surface area contributed by atoms with Crippen molar-refractivity contribution < 1.29 is 14.7 Å². The molecule has 0 fully saturated rings. The Bertz CT molecular complexity index is 329. The molecular formula is C9H8O3. The van der Waals surface area contributed by atoms with E-state index in [1.807, 2.05) is 0 Å². The molecule has 62 valence electrons. The third-order valence-corrected chi connectivity index (χ3v) is 1.54. The molecule has 0 aliphatic carbocycles. The SMILES string of the molecule is CC(=O)c1cc(O)ccc1C=O. The van der Waals surface area contributed by atoms with Gasteiger partial charge in [-0.1, -0.05) is 0 Å². The topological polar surface area (TPSA) is 54.4 Å². The normalized spacial score (nSPS) is 9.42. The highest BCUT2D eigenvalue weighted by Gasteiger charge is 2.06. The van der Waals surface area contributed by atoms with Crippen molar-refractivity contribution >= 4 is 12.1 Å². The van der Waals surface area contributed by atoms with Gasteiger partial charge in [-0.2, -0.15) is 0 Å². The lowest BCUT2D eigenvalue weighted by Gasteiger charge is -1.99. The highest BCUT2D eigenvalue weighted by atomic mass is 16.3. The minimum absolute atomic E-state index is 0.00852. The highest BCUT2D eigenvalue weighted by molar-refractivity contribution is 6.01. The van der Waals surface area contributed by atoms with Crippen LogP contribution >= 0.6 is 0 Å². The second kappa shape index (κ2) is 3.17. The first kappa shape index (κ1) is 8.46. The van der Waals surface area contributed by atoms with Gasteiger partial charge in [0.25, 0.3) is 0 Å². The van der Waals surface area contributed by atoms with Crippen LogP contribution in [0.5, 0.6) is 5.75 Å². The van der Waals surface area contributed by atoms with Crippen molar-refractivity contribution in [1.82, 2.24) is 0 Å². The Morgan fingerprint density at radius 1 is 1.50 bits per heavy atom. The maximum Gasteiger partial charge on any atom is 0.160 e. The molecule has 0 radical (unpaired) electrons. The molecule has 0 heterocycles. The van der Waals surface area contributed by atoms with Gasteiger partial charge in [0.05, 0.1) is 0 Å². The number of rotatable bonds is 2. The van der Waals surface area contributed by atoms with E-state index in [2.05, 4.69) is 0 Å². The first-order chi connectivity index (χ1) is 5.65. The van der Waals surface area contributed by atoms with Gasteiger partial charge in [-0.25, -0.2) is 0 Å². The van der Waals surface area contributed by atoms with Crippen LogP contribution in [0, 0.1) is 0 Å². The molecule has 1 N–H and O–H groups in total. The summed E-state index contributed by atoms with van der Waals surface area (Å²) >= 11 is 0. The maximum absolute atomic E-state index is 10.9. The quantitative estimate of drug-likeness (QED) is 0.531. The van der Waals surface area contributed by atoms with E-state index in [4.69, 9.17) is 5.11 Å². The van der Waals surface area contributed by atoms with Crippen LogP contribution in [-0.4, -0.2) is 17.2 Å². The van der Waals surface area contributed by atoms with Crippen molar-refractivity contribution in [3.8, 4) is 5.75 Å². The zero-order valence-corrected chi connectivity index (χ0v) is 6.57. The van der Waals surface area contributed by atoms with Crippen molar-refractivity contribution in [2.75, 3.05) is 0 Å². The lowest BCUT2D eigenvalue weighted by atomic mass is 10.1. The maximum atomic E-state index is 10.9. The van der Waals surface area contributed by atoms with Gasteiger partial charge in [-0.05, 0) is 25.1 Å². The molecule has 0 saturated heterocycles. The van der Waals surface area contributed by atoms with E-state index in [0.29, 0.717) is 11.8 Å². The van der Waals surface area contributed by atoms with Crippen molar-refractivity contribution in [1.29, 1.82) is 0 Å². The zero-order valence-electron chi connectivity index (χ0n) is 6.57. The molecule has 1 aromatic rings. The summed E-state index contributed by atoms with van der Waals surface area (Å²) in [6.45, 7) is 1.35. The summed E-state index contributed by atoms with van der Waals surface area (Å²) in [5, 5.41) is 9.01. The first-order valence-corrected chi connectivity index (χ1v) is 3.44. The Morgan fingerprint density at radius 3 is 2.67 bits per heavy atom. The number of carbonyl (C=O) groups is 2. The van der Waals surface area contributed by atoms with Gasteiger partial charge in [0.2, 0.25) is 0 Å². The number of Topliss-reactive ketones (excluding diaryl/α,β-unsaturated/α-hetero) is 1. The van der Waals surface area contributed by atoms with Crippen LogP contribution in [-0.2, 0) is 0 Å².